The molecule has 0 N–H and O–H groups in total. The highest BCUT2D eigenvalue weighted by Crippen LogP contribution is 2.53. The Morgan fingerprint density at radius 3 is 2.40 bits per heavy atom. The van der Waals surface area contributed by atoms with Crippen molar-refractivity contribution in [3.63, 3.8) is 0 Å². The van der Waals surface area contributed by atoms with Crippen LogP contribution in [0, 0.1) is 11.8 Å². The van der Waals surface area contributed by atoms with Gasteiger partial charge in [-0.15, -0.1) is 0 Å². The summed E-state index contributed by atoms with van der Waals surface area (Å²) in [6.07, 6.45) is 15.5. The van der Waals surface area contributed by atoms with Crippen LogP contribution in [-0.2, 0) is 0 Å². The first-order valence-corrected chi connectivity index (χ1v) is 10.8. The Morgan fingerprint density at radius 2 is 1.60 bits per heavy atom. The molecule has 3 atom stereocenters. The molecule has 2 fully saturated rings. The van der Waals surface area contributed by atoms with Gasteiger partial charge < -0.3 is 0 Å². The van der Waals surface area contributed by atoms with E-state index in [-0.39, 0.29) is 0 Å². The first-order chi connectivity index (χ1) is 9.90. The molecule has 1 aromatic rings. The number of allylic oxidation sites excluding steroid dienone is 4. The molecular weight excluding hydrogens is 256 g/mol. The fourth-order valence-corrected chi connectivity index (χ4v) is 11.7. The molecule has 104 valence electrons. The summed E-state index contributed by atoms with van der Waals surface area (Å²) in [5, 5.41) is 1.76. The van der Waals surface area contributed by atoms with Crippen LogP contribution >= 0.6 is 0 Å². The van der Waals surface area contributed by atoms with Crippen LogP contribution < -0.4 is 5.19 Å². The Kier molecular flexibility index (Phi) is 3.18. The van der Waals surface area contributed by atoms with Gasteiger partial charge in [-0.1, -0.05) is 91.2 Å². The van der Waals surface area contributed by atoms with Gasteiger partial charge in [0.15, 0.2) is 0 Å². The zero-order valence-corrected chi connectivity index (χ0v) is 13.2. The lowest BCUT2D eigenvalue weighted by Gasteiger charge is -2.38. The molecular formula is C19H24Si. The first kappa shape index (κ1) is 12.6. The summed E-state index contributed by atoms with van der Waals surface area (Å²) in [5.74, 6) is 1.70. The number of fused-ring (bicyclic) bond motifs is 1. The predicted octanol–water partition coefficient (Wildman–Crippen LogP) is 4.66. The van der Waals surface area contributed by atoms with E-state index >= 15 is 0 Å². The normalized spacial score (nSPS) is 34.3. The number of hydrogen-bond acceptors (Lipinski definition) is 0. The summed E-state index contributed by atoms with van der Waals surface area (Å²) in [5.41, 5.74) is 0.999. The average Bonchev–Trinajstić information content (AvgIpc) is 3.15. The van der Waals surface area contributed by atoms with Crippen LogP contribution in [0.25, 0.3) is 0 Å². The van der Waals surface area contributed by atoms with Gasteiger partial charge in [-0.3, -0.25) is 0 Å². The fourth-order valence-electron chi connectivity index (χ4n) is 5.25. The first-order valence-electron chi connectivity index (χ1n) is 8.31. The predicted molar refractivity (Wildman–Crippen MR) is 88.9 cm³/mol. The minimum absolute atomic E-state index is 0.846. The minimum atomic E-state index is -1.27. The van der Waals surface area contributed by atoms with E-state index in [4.69, 9.17) is 0 Å². The van der Waals surface area contributed by atoms with Crippen molar-refractivity contribution in [3.05, 3.63) is 54.6 Å². The molecule has 4 rings (SSSR count). The summed E-state index contributed by atoms with van der Waals surface area (Å²) in [6, 6.07) is 14.7. The van der Waals surface area contributed by atoms with Crippen LogP contribution in [0.5, 0.6) is 0 Å². The highest BCUT2D eigenvalue weighted by atomic mass is 28.3. The van der Waals surface area contributed by atoms with Gasteiger partial charge in [0.05, 0.1) is 8.07 Å². The Balaban J connectivity index is 1.73. The van der Waals surface area contributed by atoms with Gasteiger partial charge in [-0.05, 0) is 23.8 Å². The van der Waals surface area contributed by atoms with E-state index in [1.54, 1.807) is 17.3 Å². The van der Waals surface area contributed by atoms with Crippen molar-refractivity contribution >= 4 is 13.3 Å². The monoisotopic (exact) mass is 280 g/mol. The van der Waals surface area contributed by atoms with Crippen molar-refractivity contribution in [2.45, 2.75) is 43.3 Å². The van der Waals surface area contributed by atoms with E-state index in [9.17, 15) is 0 Å². The number of benzene rings is 1. The van der Waals surface area contributed by atoms with Crippen LogP contribution in [0.4, 0.5) is 0 Å². The minimum Gasteiger partial charge on any atom is -0.0808 e. The molecule has 3 aliphatic rings. The smallest absolute Gasteiger partial charge is 0.0808 e. The molecule has 1 heteroatoms. The molecule has 0 nitrogen and oxygen atoms in total. The van der Waals surface area contributed by atoms with E-state index in [0.29, 0.717) is 0 Å². The average molecular weight is 280 g/mol. The molecule has 1 saturated heterocycles. The molecule has 1 heterocycles. The van der Waals surface area contributed by atoms with Crippen molar-refractivity contribution < 1.29 is 0 Å². The van der Waals surface area contributed by atoms with E-state index in [0.717, 1.165) is 17.4 Å². The van der Waals surface area contributed by atoms with E-state index in [1.807, 2.05) is 0 Å². The molecule has 1 aliphatic heterocycles. The molecule has 1 saturated carbocycles. The van der Waals surface area contributed by atoms with E-state index < -0.39 is 8.07 Å². The standard InChI is InChI=1S/C19H24Si/c1-2-9-17(10-3-1)20(14-6-7-15-20)19-13-12-16-8-4-5-11-18(16)19/h1-5,8-11,16,18-19H,6-7,12-15H2. The fraction of sp³-hybridized carbons (Fsp3) is 0.474. The third-order valence-electron chi connectivity index (χ3n) is 6.13. The topological polar surface area (TPSA) is 0 Å². The van der Waals surface area contributed by atoms with Gasteiger partial charge in [0.2, 0.25) is 0 Å². The maximum atomic E-state index is 2.54. The Hall–Kier alpha value is -1.08. The highest BCUT2D eigenvalue weighted by molar-refractivity contribution is 6.93. The molecule has 1 aromatic carbocycles. The van der Waals surface area contributed by atoms with Crippen molar-refractivity contribution in [2.75, 3.05) is 0 Å². The molecule has 0 spiro atoms. The quantitative estimate of drug-likeness (QED) is 0.691. The zero-order valence-electron chi connectivity index (χ0n) is 12.2. The molecule has 2 aliphatic carbocycles. The van der Waals surface area contributed by atoms with Crippen LogP contribution in [0.3, 0.4) is 0 Å². The number of rotatable bonds is 2. The van der Waals surface area contributed by atoms with Crippen LogP contribution in [-0.4, -0.2) is 8.07 Å². The zero-order chi connectivity index (χ0) is 13.4. The maximum Gasteiger partial charge on any atom is 0.0903 e. The van der Waals surface area contributed by atoms with Crippen LogP contribution in [0.15, 0.2) is 54.6 Å². The highest BCUT2D eigenvalue weighted by Gasteiger charge is 2.51. The SMILES string of the molecule is C1=CC2CCC([Si]3(c4ccccc4)CCCC3)C2C=C1. The van der Waals surface area contributed by atoms with Crippen molar-refractivity contribution in [2.24, 2.45) is 11.8 Å². The molecule has 3 unspecified atom stereocenters. The third-order valence-corrected chi connectivity index (χ3v) is 12.2. The Bertz CT molecular complexity index is 522. The van der Waals surface area contributed by atoms with Gasteiger partial charge in [0, 0.05) is 0 Å². The second kappa shape index (κ2) is 5.03. The summed E-state index contributed by atoms with van der Waals surface area (Å²) in [7, 11) is -1.27. The third kappa shape index (κ3) is 1.87. The molecule has 0 amide bonds. The second-order valence-electron chi connectivity index (χ2n) is 6.92. The summed E-state index contributed by atoms with van der Waals surface area (Å²) in [4.78, 5) is 0. The lowest BCUT2D eigenvalue weighted by Crippen LogP contribution is -2.50. The van der Waals surface area contributed by atoms with E-state index in [2.05, 4.69) is 54.6 Å². The van der Waals surface area contributed by atoms with Crippen molar-refractivity contribution in [3.8, 4) is 0 Å². The van der Waals surface area contributed by atoms with Gasteiger partial charge in [0.25, 0.3) is 0 Å². The summed E-state index contributed by atoms with van der Waals surface area (Å²) < 4.78 is 0. The molecule has 0 bridgehead atoms. The molecule has 0 radical (unpaired) electrons. The molecule has 20 heavy (non-hydrogen) atoms. The van der Waals surface area contributed by atoms with E-state index in [1.165, 1.54) is 25.7 Å². The summed E-state index contributed by atoms with van der Waals surface area (Å²) in [6.45, 7) is 0. The van der Waals surface area contributed by atoms with Crippen molar-refractivity contribution in [1.82, 2.24) is 0 Å². The van der Waals surface area contributed by atoms with Crippen LogP contribution in [0.1, 0.15) is 25.7 Å². The van der Waals surface area contributed by atoms with Gasteiger partial charge >= 0.3 is 0 Å². The van der Waals surface area contributed by atoms with Gasteiger partial charge in [-0.2, -0.15) is 0 Å². The molecule has 0 aromatic heterocycles. The van der Waals surface area contributed by atoms with Gasteiger partial charge in [0.1, 0.15) is 0 Å². The van der Waals surface area contributed by atoms with Crippen LogP contribution in [0.2, 0.25) is 17.6 Å². The number of hydrogen-bond donors (Lipinski definition) is 0. The van der Waals surface area contributed by atoms with Crippen molar-refractivity contribution in [1.29, 1.82) is 0 Å². The lowest BCUT2D eigenvalue weighted by molar-refractivity contribution is 0.545. The maximum absolute atomic E-state index is 2.54. The lowest BCUT2D eigenvalue weighted by atomic mass is 9.92. The Morgan fingerprint density at radius 1 is 0.850 bits per heavy atom. The second-order valence-corrected chi connectivity index (χ2v) is 11.6. The van der Waals surface area contributed by atoms with Gasteiger partial charge in [-0.25, -0.2) is 0 Å². The summed E-state index contributed by atoms with van der Waals surface area (Å²) >= 11 is 0. The Labute approximate surface area is 123 Å². The largest absolute Gasteiger partial charge is 0.0903 e.